The van der Waals surface area contributed by atoms with Crippen LogP contribution < -0.4 is 15.8 Å². The van der Waals surface area contributed by atoms with E-state index in [1.165, 1.54) is 0 Å². The molecule has 2 aromatic carbocycles. The highest BCUT2D eigenvalue weighted by Gasteiger charge is 2.24. The summed E-state index contributed by atoms with van der Waals surface area (Å²) in [6.45, 7) is 0. The van der Waals surface area contributed by atoms with E-state index in [0.717, 1.165) is 22.1 Å². The Bertz CT molecular complexity index is 694. The van der Waals surface area contributed by atoms with E-state index >= 15 is 0 Å². The van der Waals surface area contributed by atoms with Crippen LogP contribution in [-0.4, -0.2) is 19.0 Å². The fourth-order valence-corrected chi connectivity index (χ4v) is 2.21. The molecule has 3 rings (SSSR count). The Balaban J connectivity index is 2.03. The molecule has 1 aliphatic heterocycles. The van der Waals surface area contributed by atoms with Gasteiger partial charge in [0.25, 0.3) is 0 Å². The number of aliphatic imine (C=N–C) groups is 1. The van der Waals surface area contributed by atoms with E-state index in [9.17, 15) is 4.79 Å². The second kappa shape index (κ2) is 4.28. The topological polar surface area (TPSA) is 76.7 Å². The number of carbonyl (C=O) groups excluding carboxylic acids is 1. The minimum atomic E-state index is -0.391. The van der Waals surface area contributed by atoms with Gasteiger partial charge in [0, 0.05) is 0 Å². The van der Waals surface area contributed by atoms with Crippen molar-refractivity contribution in [3.8, 4) is 5.75 Å². The van der Waals surface area contributed by atoms with Crippen molar-refractivity contribution in [1.82, 2.24) is 5.32 Å². The Morgan fingerprint density at radius 1 is 1.21 bits per heavy atom. The smallest absolute Gasteiger partial charge is 0.343 e. The van der Waals surface area contributed by atoms with Gasteiger partial charge in [0.15, 0.2) is 0 Å². The van der Waals surface area contributed by atoms with Crippen LogP contribution >= 0.6 is 0 Å². The first-order chi connectivity index (χ1) is 9.17. The number of rotatable bonds is 2. The molecule has 1 unspecified atom stereocenters. The van der Waals surface area contributed by atoms with E-state index in [2.05, 4.69) is 10.3 Å². The summed E-state index contributed by atoms with van der Waals surface area (Å²) in [6, 6.07) is 11.0. The average molecular weight is 255 g/mol. The summed E-state index contributed by atoms with van der Waals surface area (Å²) in [4.78, 5) is 14.9. The van der Waals surface area contributed by atoms with E-state index in [-0.39, 0.29) is 6.04 Å². The summed E-state index contributed by atoms with van der Waals surface area (Å²) in [5.74, 6) is 1.12. The molecular weight excluding hydrogens is 242 g/mol. The fraction of sp³-hybridized carbons (Fsp3) is 0.143. The van der Waals surface area contributed by atoms with E-state index in [0.29, 0.717) is 5.84 Å². The average Bonchev–Trinajstić information content (AvgIpc) is 2.76. The van der Waals surface area contributed by atoms with Crippen molar-refractivity contribution in [2.45, 2.75) is 6.04 Å². The second-order valence-corrected chi connectivity index (χ2v) is 4.39. The van der Waals surface area contributed by atoms with Crippen LogP contribution in [0.15, 0.2) is 41.4 Å². The van der Waals surface area contributed by atoms with E-state index < -0.39 is 6.03 Å². The largest absolute Gasteiger partial charge is 0.497 e. The first kappa shape index (κ1) is 11.5. The van der Waals surface area contributed by atoms with Crippen LogP contribution in [0.5, 0.6) is 5.75 Å². The van der Waals surface area contributed by atoms with Gasteiger partial charge in [-0.2, -0.15) is 4.99 Å². The van der Waals surface area contributed by atoms with Crippen LogP contribution in [-0.2, 0) is 0 Å². The molecule has 19 heavy (non-hydrogen) atoms. The third-order valence-corrected chi connectivity index (χ3v) is 3.20. The fourth-order valence-electron chi connectivity index (χ4n) is 2.21. The summed E-state index contributed by atoms with van der Waals surface area (Å²) in [5.41, 5.74) is 6.66. The number of methoxy groups -OCH3 is 1. The molecule has 0 fully saturated rings. The maximum absolute atomic E-state index is 11.2. The van der Waals surface area contributed by atoms with Gasteiger partial charge in [-0.3, -0.25) is 0 Å². The molecule has 5 heteroatoms. The molecule has 3 N–H and O–H groups in total. The Morgan fingerprint density at radius 2 is 1.95 bits per heavy atom. The molecule has 2 amide bonds. The van der Waals surface area contributed by atoms with Gasteiger partial charge in [0.2, 0.25) is 0 Å². The number of urea groups is 1. The molecule has 5 nitrogen and oxygen atoms in total. The molecule has 0 aromatic heterocycles. The maximum Gasteiger partial charge on any atom is 0.343 e. The normalized spacial score (nSPS) is 18.3. The van der Waals surface area contributed by atoms with Crippen LogP contribution in [0.4, 0.5) is 4.79 Å². The lowest BCUT2D eigenvalue weighted by Crippen LogP contribution is -2.27. The van der Waals surface area contributed by atoms with Crippen molar-refractivity contribution in [1.29, 1.82) is 0 Å². The number of nitrogens with two attached hydrogens (primary N) is 1. The summed E-state index contributed by atoms with van der Waals surface area (Å²) >= 11 is 0. The zero-order valence-corrected chi connectivity index (χ0v) is 10.4. The molecule has 0 bridgehead atoms. The highest BCUT2D eigenvalue weighted by molar-refractivity contribution is 6.03. The third-order valence-electron chi connectivity index (χ3n) is 3.20. The Labute approximate surface area is 110 Å². The summed E-state index contributed by atoms with van der Waals surface area (Å²) in [6.07, 6.45) is 0. The number of hydrogen-bond donors (Lipinski definition) is 2. The minimum absolute atomic E-state index is 0.304. The van der Waals surface area contributed by atoms with Gasteiger partial charge in [0.1, 0.15) is 17.6 Å². The summed E-state index contributed by atoms with van der Waals surface area (Å²) < 4.78 is 5.19. The molecule has 2 aromatic rings. The number of benzene rings is 2. The third kappa shape index (κ3) is 1.99. The zero-order chi connectivity index (χ0) is 13.4. The van der Waals surface area contributed by atoms with Gasteiger partial charge in [-0.05, 0) is 34.5 Å². The number of fused-ring (bicyclic) bond motifs is 1. The Morgan fingerprint density at radius 3 is 2.63 bits per heavy atom. The first-order valence-corrected chi connectivity index (χ1v) is 5.89. The zero-order valence-electron chi connectivity index (χ0n) is 10.4. The van der Waals surface area contributed by atoms with Crippen LogP contribution in [0.3, 0.4) is 0 Å². The van der Waals surface area contributed by atoms with Gasteiger partial charge in [-0.15, -0.1) is 0 Å². The van der Waals surface area contributed by atoms with Crippen molar-refractivity contribution in [2.75, 3.05) is 7.11 Å². The molecule has 1 aliphatic rings. The summed E-state index contributed by atoms with van der Waals surface area (Å²) in [5, 5.41) is 4.85. The highest BCUT2D eigenvalue weighted by Crippen LogP contribution is 2.25. The van der Waals surface area contributed by atoms with Crippen molar-refractivity contribution < 1.29 is 9.53 Å². The predicted molar refractivity (Wildman–Crippen MR) is 73.4 cm³/mol. The molecule has 0 saturated carbocycles. The standard InChI is InChI=1S/C14H13N3O2/c1-19-11-5-4-8-6-10(3-2-9(8)7-11)12-13(15)17-14(18)16-12/h2-7,12H,1H3,(H3,15,16,17,18). The number of nitrogens with one attached hydrogen (secondary N) is 1. The highest BCUT2D eigenvalue weighted by atomic mass is 16.5. The second-order valence-electron chi connectivity index (χ2n) is 4.39. The molecule has 0 radical (unpaired) electrons. The van der Waals surface area contributed by atoms with Crippen LogP contribution in [0.2, 0.25) is 0 Å². The van der Waals surface area contributed by atoms with Gasteiger partial charge in [-0.25, -0.2) is 4.79 Å². The maximum atomic E-state index is 11.2. The number of amides is 2. The number of ether oxygens (including phenoxy) is 1. The molecule has 1 heterocycles. The lowest BCUT2D eigenvalue weighted by molar-refractivity contribution is 0.250. The molecular formula is C14H13N3O2. The SMILES string of the molecule is COc1ccc2cc(C3NC(=O)N=C3N)ccc2c1. The first-order valence-electron chi connectivity index (χ1n) is 5.89. The molecule has 0 spiro atoms. The Hall–Kier alpha value is -2.56. The van der Waals surface area contributed by atoms with Crippen molar-refractivity contribution in [3.63, 3.8) is 0 Å². The number of amidine groups is 1. The summed E-state index contributed by atoms with van der Waals surface area (Å²) in [7, 11) is 1.64. The van der Waals surface area contributed by atoms with Crippen molar-refractivity contribution in [3.05, 3.63) is 42.0 Å². The van der Waals surface area contributed by atoms with Crippen molar-refractivity contribution >= 4 is 22.6 Å². The van der Waals surface area contributed by atoms with E-state index in [4.69, 9.17) is 10.5 Å². The van der Waals surface area contributed by atoms with Gasteiger partial charge >= 0.3 is 6.03 Å². The van der Waals surface area contributed by atoms with Gasteiger partial charge in [0.05, 0.1) is 7.11 Å². The van der Waals surface area contributed by atoms with Crippen molar-refractivity contribution in [2.24, 2.45) is 10.7 Å². The van der Waals surface area contributed by atoms with E-state index in [1.807, 2.05) is 36.4 Å². The van der Waals surface area contributed by atoms with Crippen LogP contribution in [0, 0.1) is 0 Å². The molecule has 0 aliphatic carbocycles. The molecule has 0 saturated heterocycles. The van der Waals surface area contributed by atoms with Gasteiger partial charge in [-0.1, -0.05) is 18.2 Å². The van der Waals surface area contributed by atoms with Gasteiger partial charge < -0.3 is 15.8 Å². The quantitative estimate of drug-likeness (QED) is 0.861. The predicted octanol–water partition coefficient (Wildman–Crippen LogP) is 1.97. The number of nitrogens with zero attached hydrogens (tertiary/aromatic N) is 1. The van der Waals surface area contributed by atoms with Crippen LogP contribution in [0.1, 0.15) is 11.6 Å². The number of carbonyl (C=O) groups is 1. The molecule has 96 valence electrons. The lowest BCUT2D eigenvalue weighted by Gasteiger charge is -2.12. The Kier molecular flexibility index (Phi) is 2.59. The number of hydrogen-bond acceptors (Lipinski definition) is 3. The lowest BCUT2D eigenvalue weighted by atomic mass is 10.0. The monoisotopic (exact) mass is 255 g/mol. The van der Waals surface area contributed by atoms with Crippen LogP contribution in [0.25, 0.3) is 10.8 Å². The minimum Gasteiger partial charge on any atom is -0.497 e. The molecule has 1 atom stereocenters. The van der Waals surface area contributed by atoms with E-state index in [1.54, 1.807) is 7.11 Å².